The van der Waals surface area contributed by atoms with Crippen LogP contribution in [-0.2, 0) is 0 Å². The summed E-state index contributed by atoms with van der Waals surface area (Å²) in [6.07, 6.45) is 0. The quantitative estimate of drug-likeness (QED) is 0.389. The Hall–Kier alpha value is 1.53. The third-order valence-corrected chi connectivity index (χ3v) is 0. The number of hydrogen-bond donors (Lipinski definition) is 0. The van der Waals surface area contributed by atoms with Gasteiger partial charge in [-0.2, -0.15) is 9.90 Å². The van der Waals surface area contributed by atoms with Crippen LogP contribution >= 0.6 is 30.1 Å². The Morgan fingerprint density at radius 3 is 1.25 bits per heavy atom. The first-order chi connectivity index (χ1) is 1.41. The third kappa shape index (κ3) is 9.65. The maximum Gasteiger partial charge on any atom is -0.153 e. The molecule has 0 aliphatic carbocycles. The molecular formula is H3Cl2PSe. The minimum Gasteiger partial charge on any atom is -0.153 e. The van der Waals surface area contributed by atoms with E-state index in [9.17, 15) is 0 Å². The zero-order valence-electron chi connectivity index (χ0n) is 1.87. The number of rotatable bonds is 0. The van der Waals surface area contributed by atoms with E-state index in [0.29, 0.717) is 0 Å². The zero-order chi connectivity index (χ0) is 2.71. The van der Waals surface area contributed by atoms with E-state index in [1.807, 2.05) is 0 Å². The summed E-state index contributed by atoms with van der Waals surface area (Å²) in [5, 5.41) is 0. The van der Waals surface area contributed by atoms with Gasteiger partial charge in [0.05, 0.1) is 0 Å². The van der Waals surface area contributed by atoms with Gasteiger partial charge in [0, 0.05) is 0 Å². The Labute approximate surface area is 43.5 Å². The van der Waals surface area contributed by atoms with Crippen LogP contribution < -0.4 is 0 Å². The molecule has 0 aromatic rings. The second-order valence-corrected chi connectivity index (χ2v) is 2.73. The predicted octanol–water partition coefficient (Wildman–Crippen LogP) is 1.06. The molecule has 0 amide bonds. The molecule has 0 aliphatic heterocycles. The first-order valence-electron chi connectivity index (χ1n) is 0.309. The molecule has 0 radical (unpaired) electrons. The molecule has 4 heavy (non-hydrogen) atoms. The van der Waals surface area contributed by atoms with Gasteiger partial charge in [-0.05, 0) is 0 Å². The molecule has 1 unspecified atom stereocenters. The monoisotopic (exact) mass is 184 g/mol. The fraction of sp³-hybridized carbons (Fsp3) is 0. The van der Waals surface area contributed by atoms with E-state index in [4.69, 9.17) is 20.2 Å². The molecule has 1 atom stereocenters. The molecule has 0 aromatic carbocycles. The van der Waals surface area contributed by atoms with Crippen LogP contribution in [0.1, 0.15) is 0 Å². The average Bonchev–Trinajstić information content (AvgIpc) is 0.918. The molecule has 0 aromatic heterocycles. The largest absolute Gasteiger partial charge is 0.153 e. The van der Waals surface area contributed by atoms with Crippen LogP contribution in [0.25, 0.3) is 0 Å². The van der Waals surface area contributed by atoms with Crippen molar-refractivity contribution in [3.05, 3.63) is 0 Å². The topological polar surface area (TPSA) is 0 Å². The first kappa shape index (κ1) is 9.11. The van der Waals surface area contributed by atoms with Crippen molar-refractivity contribution in [1.29, 1.82) is 0 Å². The van der Waals surface area contributed by atoms with E-state index in [2.05, 4.69) is 0 Å². The molecule has 0 rings (SSSR count). The summed E-state index contributed by atoms with van der Waals surface area (Å²) >= 11 is -0.181. The summed E-state index contributed by atoms with van der Waals surface area (Å²) in [7, 11) is 9.65. The molecule has 28 valence electrons. The maximum atomic E-state index is 4.83. The van der Waals surface area contributed by atoms with Crippen LogP contribution in [-0.4, -0.2) is 13.1 Å². The summed E-state index contributed by atoms with van der Waals surface area (Å²) in [6.45, 7) is 0. The van der Waals surface area contributed by atoms with Crippen molar-refractivity contribution < 1.29 is 0 Å². The van der Waals surface area contributed by atoms with Crippen molar-refractivity contribution in [2.45, 2.75) is 0 Å². The van der Waals surface area contributed by atoms with Gasteiger partial charge in [-0.1, -0.05) is 0 Å². The van der Waals surface area contributed by atoms with Crippen LogP contribution in [0.5, 0.6) is 0 Å². The van der Waals surface area contributed by atoms with Gasteiger partial charge >= 0.3 is 33.3 Å². The molecule has 0 bridgehead atoms. The summed E-state index contributed by atoms with van der Waals surface area (Å²) in [6, 6.07) is 0. The van der Waals surface area contributed by atoms with Crippen molar-refractivity contribution >= 4 is 43.2 Å². The Balaban J connectivity index is 0. The molecular weight excluding hydrogens is 181 g/mol. The van der Waals surface area contributed by atoms with Gasteiger partial charge in [0.25, 0.3) is 0 Å². The third-order valence-electron chi connectivity index (χ3n) is 0. The minimum atomic E-state index is -0.181. The van der Waals surface area contributed by atoms with Gasteiger partial charge in [-0.15, -0.1) is 0 Å². The summed E-state index contributed by atoms with van der Waals surface area (Å²) in [5.74, 6) is 0. The van der Waals surface area contributed by atoms with Crippen molar-refractivity contribution in [3.63, 3.8) is 0 Å². The van der Waals surface area contributed by atoms with Gasteiger partial charge in [0.2, 0.25) is 0 Å². The van der Waals surface area contributed by atoms with Crippen LogP contribution in [0.4, 0.5) is 0 Å². The van der Waals surface area contributed by atoms with E-state index in [1.54, 1.807) is 0 Å². The predicted molar refractivity (Wildman–Crippen MR) is 28.6 cm³/mol. The molecule has 0 N–H and O–H groups in total. The number of halogens is 2. The Bertz CT molecular complexity index is 6.00. The van der Waals surface area contributed by atoms with Gasteiger partial charge in [-0.3, -0.25) is 0 Å². The van der Waals surface area contributed by atoms with Crippen molar-refractivity contribution in [1.82, 2.24) is 0 Å². The Morgan fingerprint density at radius 2 is 1.25 bits per heavy atom. The number of hydrogen-bond acceptors (Lipinski definition) is 0. The van der Waals surface area contributed by atoms with Crippen LogP contribution in [0, 0.1) is 0 Å². The molecule has 0 spiro atoms. The van der Waals surface area contributed by atoms with Gasteiger partial charge in [0.1, 0.15) is 0 Å². The molecule has 0 saturated carbocycles. The molecule has 0 nitrogen and oxygen atoms in total. The first-order valence-corrected chi connectivity index (χ1v) is 4.81. The van der Waals surface area contributed by atoms with Crippen molar-refractivity contribution in [2.75, 3.05) is 0 Å². The second kappa shape index (κ2) is 8.82. The summed E-state index contributed by atoms with van der Waals surface area (Å²) < 4.78 is 0. The standard InChI is InChI=1S/Cl2Se.H3P/c1-3-2;/h;1H3. The fourth-order valence-electron chi connectivity index (χ4n) is 0. The van der Waals surface area contributed by atoms with Crippen molar-refractivity contribution in [3.8, 4) is 0 Å². The minimum absolute atomic E-state index is 0. The Kier molecular flexibility index (Phi) is 20.1. The van der Waals surface area contributed by atoms with E-state index in [1.165, 1.54) is 0 Å². The average molecular weight is 184 g/mol. The normalized spacial score (nSPS) is 4.50. The maximum absolute atomic E-state index is 4.83. The molecule has 0 fully saturated rings. The molecule has 0 aliphatic rings. The SMILES string of the molecule is Cl[Se]Cl.P. The van der Waals surface area contributed by atoms with Crippen LogP contribution in [0.15, 0.2) is 0 Å². The second-order valence-electron chi connectivity index (χ2n) is 0.0583. The molecule has 0 heterocycles. The van der Waals surface area contributed by atoms with E-state index in [-0.39, 0.29) is 23.0 Å². The van der Waals surface area contributed by atoms with E-state index in [0.717, 1.165) is 0 Å². The van der Waals surface area contributed by atoms with E-state index < -0.39 is 0 Å². The van der Waals surface area contributed by atoms with Gasteiger partial charge in [0.15, 0.2) is 0 Å². The fourth-order valence-corrected chi connectivity index (χ4v) is 0. The summed E-state index contributed by atoms with van der Waals surface area (Å²) in [5.41, 5.74) is 0. The molecule has 4 heteroatoms. The van der Waals surface area contributed by atoms with Gasteiger partial charge < -0.3 is 0 Å². The van der Waals surface area contributed by atoms with Crippen LogP contribution in [0.3, 0.4) is 0 Å². The summed E-state index contributed by atoms with van der Waals surface area (Å²) in [4.78, 5) is 0. The van der Waals surface area contributed by atoms with Gasteiger partial charge in [-0.25, -0.2) is 0 Å². The zero-order valence-corrected chi connectivity index (χ0v) is 6.51. The molecule has 0 saturated heterocycles. The van der Waals surface area contributed by atoms with E-state index >= 15 is 0 Å². The van der Waals surface area contributed by atoms with Crippen LogP contribution in [0.2, 0.25) is 0 Å². The Morgan fingerprint density at radius 1 is 1.25 bits per heavy atom. The van der Waals surface area contributed by atoms with Crippen molar-refractivity contribution in [2.24, 2.45) is 0 Å². The smallest absolute Gasteiger partial charge is 0.153 e.